The molecular formula is C26H22FN3O2. The van der Waals surface area contributed by atoms with Crippen molar-refractivity contribution in [1.82, 2.24) is 9.99 Å². The minimum absolute atomic E-state index is 0.270. The van der Waals surface area contributed by atoms with Crippen molar-refractivity contribution in [1.29, 1.82) is 0 Å². The van der Waals surface area contributed by atoms with Gasteiger partial charge in [-0.1, -0.05) is 24.3 Å². The number of rotatable bonds is 7. The number of para-hydroxylation sites is 1. The zero-order valence-electron chi connectivity index (χ0n) is 17.5. The summed E-state index contributed by atoms with van der Waals surface area (Å²) >= 11 is 0. The highest BCUT2D eigenvalue weighted by Crippen LogP contribution is 2.16. The first kappa shape index (κ1) is 21.1. The van der Waals surface area contributed by atoms with Crippen LogP contribution in [0.4, 0.5) is 4.39 Å². The number of hydrogen-bond donors (Lipinski definition) is 1. The summed E-state index contributed by atoms with van der Waals surface area (Å²) in [4.78, 5) is 12.7. The van der Waals surface area contributed by atoms with Crippen molar-refractivity contribution in [3.05, 3.63) is 120 Å². The zero-order chi connectivity index (χ0) is 22.3. The van der Waals surface area contributed by atoms with E-state index in [-0.39, 0.29) is 11.7 Å². The van der Waals surface area contributed by atoms with Gasteiger partial charge >= 0.3 is 0 Å². The van der Waals surface area contributed by atoms with Crippen LogP contribution in [0, 0.1) is 5.82 Å². The highest BCUT2D eigenvalue weighted by atomic mass is 19.1. The Morgan fingerprint density at radius 1 is 0.938 bits per heavy atom. The summed E-state index contributed by atoms with van der Waals surface area (Å²) in [6, 6.07) is 24.8. The largest absolute Gasteiger partial charge is 0.489 e. The Hall–Kier alpha value is -4.19. The third-order valence-electron chi connectivity index (χ3n) is 4.95. The molecule has 4 aromatic rings. The van der Waals surface area contributed by atoms with Crippen LogP contribution in [0.3, 0.4) is 0 Å². The smallest absolute Gasteiger partial charge is 0.273 e. The van der Waals surface area contributed by atoms with E-state index in [9.17, 15) is 9.18 Å². The Labute approximate surface area is 185 Å². The molecule has 3 aromatic carbocycles. The number of ether oxygens (including phenoxy) is 1. The molecule has 32 heavy (non-hydrogen) atoms. The van der Waals surface area contributed by atoms with E-state index in [0.717, 1.165) is 16.8 Å². The molecule has 1 aromatic heterocycles. The second-order valence-corrected chi connectivity index (χ2v) is 7.19. The van der Waals surface area contributed by atoms with Gasteiger partial charge in [0.15, 0.2) is 0 Å². The molecule has 0 unspecified atom stereocenters. The van der Waals surface area contributed by atoms with Gasteiger partial charge in [0.1, 0.15) is 18.2 Å². The molecule has 1 amide bonds. The van der Waals surface area contributed by atoms with Gasteiger partial charge in [0, 0.05) is 12.4 Å². The summed E-state index contributed by atoms with van der Waals surface area (Å²) in [5, 5.41) is 4.26. The van der Waals surface area contributed by atoms with Crippen LogP contribution < -0.4 is 10.2 Å². The fourth-order valence-electron chi connectivity index (χ4n) is 3.18. The monoisotopic (exact) mass is 427 g/mol. The molecule has 0 radical (unpaired) electrons. The van der Waals surface area contributed by atoms with Gasteiger partial charge < -0.3 is 9.30 Å². The van der Waals surface area contributed by atoms with Crippen LogP contribution in [0.25, 0.3) is 5.69 Å². The summed E-state index contributed by atoms with van der Waals surface area (Å²) in [6.07, 6.45) is 3.78. The molecule has 1 N–H and O–H groups in total. The third-order valence-corrected chi connectivity index (χ3v) is 4.95. The number of nitrogens with zero attached hydrogens (tertiary/aromatic N) is 2. The SMILES string of the molecule is C/C(=N\NC(=O)c1ccccc1-n1cccc1)c1ccc(OCc2ccc(F)cc2)cc1. The van der Waals surface area contributed by atoms with E-state index in [4.69, 9.17) is 4.74 Å². The fourth-order valence-corrected chi connectivity index (χ4v) is 3.18. The maximum atomic E-state index is 13.0. The van der Waals surface area contributed by atoms with Crippen LogP contribution in [0.2, 0.25) is 0 Å². The van der Waals surface area contributed by atoms with E-state index in [2.05, 4.69) is 10.5 Å². The highest BCUT2D eigenvalue weighted by molar-refractivity contribution is 6.02. The first-order chi connectivity index (χ1) is 15.6. The van der Waals surface area contributed by atoms with Gasteiger partial charge in [-0.25, -0.2) is 9.82 Å². The third kappa shape index (κ3) is 5.10. The zero-order valence-corrected chi connectivity index (χ0v) is 17.5. The second kappa shape index (κ2) is 9.75. The minimum atomic E-state index is -0.284. The number of hydrazone groups is 1. The topological polar surface area (TPSA) is 55.6 Å². The minimum Gasteiger partial charge on any atom is -0.489 e. The van der Waals surface area contributed by atoms with E-state index in [1.165, 1.54) is 12.1 Å². The number of benzene rings is 3. The number of aromatic nitrogens is 1. The van der Waals surface area contributed by atoms with Gasteiger partial charge in [-0.15, -0.1) is 0 Å². The maximum Gasteiger partial charge on any atom is 0.273 e. The predicted molar refractivity (Wildman–Crippen MR) is 123 cm³/mol. The van der Waals surface area contributed by atoms with Crippen molar-refractivity contribution in [2.45, 2.75) is 13.5 Å². The number of carbonyl (C=O) groups excluding carboxylic acids is 1. The highest BCUT2D eigenvalue weighted by Gasteiger charge is 2.11. The molecule has 0 saturated heterocycles. The van der Waals surface area contributed by atoms with Crippen LogP contribution >= 0.6 is 0 Å². The Bertz CT molecular complexity index is 1210. The van der Waals surface area contributed by atoms with Crippen LogP contribution in [0.5, 0.6) is 5.75 Å². The van der Waals surface area contributed by atoms with Crippen molar-refractivity contribution in [3.8, 4) is 11.4 Å². The van der Waals surface area contributed by atoms with Gasteiger partial charge in [-0.05, 0) is 78.7 Å². The van der Waals surface area contributed by atoms with Crippen LogP contribution in [-0.4, -0.2) is 16.2 Å². The average Bonchev–Trinajstić information content (AvgIpc) is 3.37. The number of nitrogens with one attached hydrogen (secondary N) is 1. The molecule has 0 spiro atoms. The molecule has 0 aliphatic heterocycles. The summed E-state index contributed by atoms with van der Waals surface area (Å²) in [7, 11) is 0. The normalized spacial score (nSPS) is 11.2. The van der Waals surface area contributed by atoms with E-state index >= 15 is 0 Å². The summed E-state index contributed by atoms with van der Waals surface area (Å²) in [5.74, 6) is 0.136. The number of halogens is 1. The number of hydrogen-bond acceptors (Lipinski definition) is 3. The van der Waals surface area contributed by atoms with Crippen LogP contribution in [-0.2, 0) is 6.61 Å². The molecule has 0 fully saturated rings. The molecule has 6 heteroatoms. The Morgan fingerprint density at radius 2 is 1.62 bits per heavy atom. The van der Waals surface area contributed by atoms with Crippen molar-refractivity contribution >= 4 is 11.6 Å². The van der Waals surface area contributed by atoms with E-state index < -0.39 is 0 Å². The molecule has 0 bridgehead atoms. The lowest BCUT2D eigenvalue weighted by Crippen LogP contribution is -2.21. The van der Waals surface area contributed by atoms with Gasteiger partial charge in [-0.3, -0.25) is 4.79 Å². The van der Waals surface area contributed by atoms with E-state index in [1.807, 2.05) is 78.5 Å². The lowest BCUT2D eigenvalue weighted by atomic mass is 10.1. The molecule has 4 rings (SSSR count). The Morgan fingerprint density at radius 3 is 2.34 bits per heavy atom. The lowest BCUT2D eigenvalue weighted by Gasteiger charge is -2.10. The van der Waals surface area contributed by atoms with Crippen molar-refractivity contribution in [3.63, 3.8) is 0 Å². The maximum absolute atomic E-state index is 13.0. The Kier molecular flexibility index (Phi) is 6.41. The van der Waals surface area contributed by atoms with Gasteiger partial charge in [-0.2, -0.15) is 5.10 Å². The lowest BCUT2D eigenvalue weighted by molar-refractivity contribution is 0.0955. The first-order valence-corrected chi connectivity index (χ1v) is 10.1. The van der Waals surface area contributed by atoms with Gasteiger partial charge in [0.05, 0.1) is 17.0 Å². The molecule has 0 atom stereocenters. The summed E-state index contributed by atoms with van der Waals surface area (Å²) in [6.45, 7) is 2.18. The second-order valence-electron chi connectivity index (χ2n) is 7.19. The van der Waals surface area contributed by atoms with Crippen LogP contribution in [0.15, 0.2) is 102 Å². The molecule has 5 nitrogen and oxygen atoms in total. The van der Waals surface area contributed by atoms with Crippen molar-refractivity contribution < 1.29 is 13.9 Å². The predicted octanol–water partition coefficient (Wildman–Crippen LogP) is 5.35. The van der Waals surface area contributed by atoms with Gasteiger partial charge in [0.2, 0.25) is 0 Å². The van der Waals surface area contributed by atoms with Crippen molar-refractivity contribution in [2.75, 3.05) is 0 Å². The number of amides is 1. The average molecular weight is 427 g/mol. The standard InChI is InChI=1S/C26H22FN3O2/c1-19(21-10-14-23(15-11-21)32-18-20-8-12-22(27)13-9-20)28-29-26(31)24-6-2-3-7-25(24)30-16-4-5-17-30/h2-17H,18H2,1H3,(H,29,31)/b28-19+. The molecular weight excluding hydrogens is 405 g/mol. The molecule has 0 aliphatic carbocycles. The quantitative estimate of drug-likeness (QED) is 0.319. The molecule has 0 aliphatic rings. The van der Waals surface area contributed by atoms with E-state index in [0.29, 0.717) is 23.6 Å². The fraction of sp³-hybridized carbons (Fsp3) is 0.0769. The molecule has 160 valence electrons. The molecule has 1 heterocycles. The number of carbonyl (C=O) groups is 1. The van der Waals surface area contributed by atoms with Crippen molar-refractivity contribution in [2.24, 2.45) is 5.10 Å². The van der Waals surface area contributed by atoms with Crippen LogP contribution in [0.1, 0.15) is 28.4 Å². The Balaban J connectivity index is 1.39. The van der Waals surface area contributed by atoms with E-state index in [1.54, 1.807) is 18.2 Å². The first-order valence-electron chi connectivity index (χ1n) is 10.1. The van der Waals surface area contributed by atoms with Gasteiger partial charge in [0.25, 0.3) is 5.91 Å². The molecule has 0 saturated carbocycles. The summed E-state index contributed by atoms with van der Waals surface area (Å²) < 4.78 is 20.6. The summed E-state index contributed by atoms with van der Waals surface area (Å²) in [5.41, 5.74) is 6.37.